The van der Waals surface area contributed by atoms with E-state index in [1.54, 1.807) is 0 Å². The second kappa shape index (κ2) is 6.86. The summed E-state index contributed by atoms with van der Waals surface area (Å²) in [6.45, 7) is 5.95. The number of aryl methyl sites for hydroxylation is 1. The van der Waals surface area contributed by atoms with E-state index in [9.17, 15) is 4.79 Å². The molecular weight excluding hydrogens is 252 g/mol. The van der Waals surface area contributed by atoms with Crippen molar-refractivity contribution in [1.29, 1.82) is 0 Å². The lowest BCUT2D eigenvalue weighted by atomic mass is 10.00. The number of hydrogen-bond acceptors (Lipinski definition) is 3. The van der Waals surface area contributed by atoms with Gasteiger partial charge in [0.25, 0.3) is 0 Å². The zero-order valence-corrected chi connectivity index (χ0v) is 12.3. The summed E-state index contributed by atoms with van der Waals surface area (Å²) in [7, 11) is 0. The lowest BCUT2D eigenvalue weighted by Crippen LogP contribution is -2.40. The average molecular weight is 276 g/mol. The van der Waals surface area contributed by atoms with Gasteiger partial charge in [-0.05, 0) is 44.9 Å². The van der Waals surface area contributed by atoms with Crippen LogP contribution in [0.5, 0.6) is 0 Å². The molecule has 1 heterocycles. The summed E-state index contributed by atoms with van der Waals surface area (Å²) in [6, 6.07) is 8.00. The second-order valence-corrected chi connectivity index (χ2v) is 5.39. The van der Waals surface area contributed by atoms with E-state index in [4.69, 9.17) is 10.5 Å². The third-order valence-corrected chi connectivity index (χ3v) is 3.95. The van der Waals surface area contributed by atoms with Crippen LogP contribution >= 0.6 is 0 Å². The van der Waals surface area contributed by atoms with E-state index in [-0.39, 0.29) is 17.9 Å². The molecule has 110 valence electrons. The van der Waals surface area contributed by atoms with Gasteiger partial charge in [0, 0.05) is 18.8 Å². The zero-order valence-electron chi connectivity index (χ0n) is 12.3. The molecule has 20 heavy (non-hydrogen) atoms. The number of anilines is 1. The molecule has 0 bridgehead atoms. The third-order valence-electron chi connectivity index (χ3n) is 3.95. The Morgan fingerprint density at radius 2 is 2.20 bits per heavy atom. The summed E-state index contributed by atoms with van der Waals surface area (Å²) in [5.41, 5.74) is 7.72. The molecule has 1 aromatic rings. The van der Waals surface area contributed by atoms with Crippen LogP contribution in [0.1, 0.15) is 25.3 Å². The molecule has 0 spiro atoms. The minimum absolute atomic E-state index is 0.00638. The van der Waals surface area contributed by atoms with E-state index in [2.05, 4.69) is 0 Å². The molecule has 2 atom stereocenters. The van der Waals surface area contributed by atoms with Crippen molar-refractivity contribution in [2.75, 3.05) is 24.6 Å². The summed E-state index contributed by atoms with van der Waals surface area (Å²) in [6.07, 6.45) is 1.62. The first kappa shape index (κ1) is 15.0. The number of carbonyl (C=O) groups is 1. The minimum Gasteiger partial charge on any atom is -0.378 e. The van der Waals surface area contributed by atoms with Crippen LogP contribution in [0.25, 0.3) is 0 Å². The molecule has 1 fully saturated rings. The molecule has 2 unspecified atom stereocenters. The molecule has 0 aliphatic carbocycles. The van der Waals surface area contributed by atoms with Gasteiger partial charge in [0.15, 0.2) is 0 Å². The molecule has 2 rings (SSSR count). The number of nitrogens with two attached hydrogens (primary N) is 1. The van der Waals surface area contributed by atoms with Crippen molar-refractivity contribution in [2.45, 2.75) is 32.8 Å². The monoisotopic (exact) mass is 276 g/mol. The highest BCUT2D eigenvalue weighted by Crippen LogP contribution is 2.27. The summed E-state index contributed by atoms with van der Waals surface area (Å²) in [4.78, 5) is 14.7. The Balaban J connectivity index is 2.23. The molecule has 0 radical (unpaired) electrons. The number of amides is 1. The first-order chi connectivity index (χ1) is 9.65. The summed E-state index contributed by atoms with van der Waals surface area (Å²) >= 11 is 0. The Labute approximate surface area is 120 Å². The Morgan fingerprint density at radius 3 is 2.80 bits per heavy atom. The van der Waals surface area contributed by atoms with Gasteiger partial charge in [0.1, 0.15) is 0 Å². The standard InChI is InChI=1S/C16H24N2O2/c1-12-6-3-4-7-15(12)18(10-5-9-17)16(19)14-8-11-20-13(14)2/h3-4,6-7,13-14H,5,8-11,17H2,1-2H3. The largest absolute Gasteiger partial charge is 0.378 e. The topological polar surface area (TPSA) is 55.6 Å². The predicted octanol–water partition coefficient (Wildman–Crippen LogP) is 2.10. The third kappa shape index (κ3) is 3.19. The van der Waals surface area contributed by atoms with E-state index in [1.165, 1.54) is 0 Å². The van der Waals surface area contributed by atoms with Gasteiger partial charge in [-0.3, -0.25) is 4.79 Å². The lowest BCUT2D eigenvalue weighted by molar-refractivity contribution is -0.123. The van der Waals surface area contributed by atoms with Crippen LogP contribution in [0, 0.1) is 12.8 Å². The Morgan fingerprint density at radius 1 is 1.45 bits per heavy atom. The molecule has 2 N–H and O–H groups in total. The summed E-state index contributed by atoms with van der Waals surface area (Å²) < 4.78 is 5.54. The van der Waals surface area contributed by atoms with E-state index in [0.717, 1.165) is 24.1 Å². The molecule has 1 aromatic carbocycles. The van der Waals surface area contributed by atoms with Crippen LogP contribution in [-0.2, 0) is 9.53 Å². The number of nitrogens with zero attached hydrogens (tertiary/aromatic N) is 1. The fourth-order valence-electron chi connectivity index (χ4n) is 2.72. The molecule has 4 heteroatoms. The molecular formula is C16H24N2O2. The SMILES string of the molecule is Cc1ccccc1N(CCCN)C(=O)C1CCOC1C. The number of ether oxygens (including phenoxy) is 1. The van der Waals surface area contributed by atoms with Crippen molar-refractivity contribution in [2.24, 2.45) is 11.7 Å². The summed E-state index contributed by atoms with van der Waals surface area (Å²) in [5.74, 6) is 0.130. The zero-order chi connectivity index (χ0) is 14.5. The van der Waals surface area contributed by atoms with Crippen LogP contribution in [0.15, 0.2) is 24.3 Å². The van der Waals surface area contributed by atoms with Crippen molar-refractivity contribution in [3.8, 4) is 0 Å². The van der Waals surface area contributed by atoms with E-state index in [1.807, 2.05) is 43.0 Å². The van der Waals surface area contributed by atoms with Gasteiger partial charge < -0.3 is 15.4 Å². The number of hydrogen-bond donors (Lipinski definition) is 1. The molecule has 1 aliphatic heterocycles. The minimum atomic E-state index is -0.0348. The van der Waals surface area contributed by atoms with Crippen LogP contribution in [0.4, 0.5) is 5.69 Å². The van der Waals surface area contributed by atoms with Crippen molar-refractivity contribution in [1.82, 2.24) is 0 Å². The van der Waals surface area contributed by atoms with Gasteiger partial charge in [0.05, 0.1) is 12.0 Å². The van der Waals surface area contributed by atoms with E-state index in [0.29, 0.717) is 19.7 Å². The van der Waals surface area contributed by atoms with Crippen molar-refractivity contribution < 1.29 is 9.53 Å². The van der Waals surface area contributed by atoms with Crippen molar-refractivity contribution in [3.63, 3.8) is 0 Å². The molecule has 1 amide bonds. The molecule has 1 aliphatic rings. The fraction of sp³-hybridized carbons (Fsp3) is 0.562. The van der Waals surface area contributed by atoms with Gasteiger partial charge in [-0.1, -0.05) is 18.2 Å². The number of para-hydroxylation sites is 1. The van der Waals surface area contributed by atoms with Gasteiger partial charge in [-0.25, -0.2) is 0 Å². The molecule has 0 saturated carbocycles. The highest BCUT2D eigenvalue weighted by molar-refractivity contribution is 5.96. The normalized spacial score (nSPS) is 21.9. The van der Waals surface area contributed by atoms with Crippen LogP contribution in [0.3, 0.4) is 0 Å². The van der Waals surface area contributed by atoms with Gasteiger partial charge in [0.2, 0.25) is 5.91 Å². The Bertz CT molecular complexity index is 462. The van der Waals surface area contributed by atoms with Crippen molar-refractivity contribution in [3.05, 3.63) is 29.8 Å². The molecule has 0 aromatic heterocycles. The quantitative estimate of drug-likeness (QED) is 0.896. The van der Waals surface area contributed by atoms with Crippen LogP contribution in [0.2, 0.25) is 0 Å². The molecule has 1 saturated heterocycles. The Hall–Kier alpha value is -1.39. The predicted molar refractivity (Wildman–Crippen MR) is 80.7 cm³/mol. The molecule has 4 nitrogen and oxygen atoms in total. The number of rotatable bonds is 5. The van der Waals surface area contributed by atoms with E-state index < -0.39 is 0 Å². The Kier molecular flexibility index (Phi) is 5.15. The number of benzene rings is 1. The first-order valence-corrected chi connectivity index (χ1v) is 7.34. The summed E-state index contributed by atoms with van der Waals surface area (Å²) in [5, 5.41) is 0. The smallest absolute Gasteiger partial charge is 0.232 e. The second-order valence-electron chi connectivity index (χ2n) is 5.39. The maximum Gasteiger partial charge on any atom is 0.232 e. The van der Waals surface area contributed by atoms with Crippen LogP contribution in [-0.4, -0.2) is 31.7 Å². The number of carbonyl (C=O) groups excluding carboxylic acids is 1. The fourth-order valence-corrected chi connectivity index (χ4v) is 2.72. The maximum atomic E-state index is 12.8. The lowest BCUT2D eigenvalue weighted by Gasteiger charge is -2.28. The van der Waals surface area contributed by atoms with E-state index >= 15 is 0 Å². The van der Waals surface area contributed by atoms with Gasteiger partial charge in [-0.15, -0.1) is 0 Å². The van der Waals surface area contributed by atoms with Gasteiger partial charge in [-0.2, -0.15) is 0 Å². The maximum absolute atomic E-state index is 12.8. The van der Waals surface area contributed by atoms with Gasteiger partial charge >= 0.3 is 0 Å². The average Bonchev–Trinajstić information content (AvgIpc) is 2.87. The first-order valence-electron chi connectivity index (χ1n) is 7.34. The van der Waals surface area contributed by atoms with Crippen molar-refractivity contribution >= 4 is 11.6 Å². The highest BCUT2D eigenvalue weighted by Gasteiger charge is 2.34. The highest BCUT2D eigenvalue weighted by atomic mass is 16.5. The van der Waals surface area contributed by atoms with Crippen LogP contribution < -0.4 is 10.6 Å².